The minimum Gasteiger partial charge on any atom is -0.455 e. The second-order valence-corrected chi connectivity index (χ2v) is 11.1. The third-order valence-electron chi connectivity index (χ3n) is 8.48. The lowest BCUT2D eigenvalue weighted by Crippen LogP contribution is -2.14. The smallest absolute Gasteiger partial charge is 0.143 e. The van der Waals surface area contributed by atoms with Crippen molar-refractivity contribution in [2.75, 3.05) is 0 Å². The minimum absolute atomic E-state index is 0.114. The molecule has 8 rings (SSSR count). The standard InChI is InChI=1S/C37H26N2O/c1-37(2)32-9-7-25(22-31(32)35-33(37)10-8-30-29-5-3-4-6-34(29)40-36(30)35)28-20-26(23-11-15-38-16-12-23)19-27(21-28)24-13-17-39-18-14-24/h3-22H,1-2H3. The highest BCUT2D eigenvalue weighted by atomic mass is 16.3. The Bertz CT molecular complexity index is 2010. The Hall–Kier alpha value is -5.02. The van der Waals surface area contributed by atoms with Crippen LogP contribution in [0.5, 0.6) is 0 Å². The summed E-state index contributed by atoms with van der Waals surface area (Å²) in [4.78, 5) is 8.46. The first-order valence-electron chi connectivity index (χ1n) is 13.6. The van der Waals surface area contributed by atoms with Crippen molar-refractivity contribution in [1.29, 1.82) is 0 Å². The number of hydrogen-bond acceptors (Lipinski definition) is 3. The van der Waals surface area contributed by atoms with Crippen molar-refractivity contribution in [2.24, 2.45) is 0 Å². The molecule has 0 N–H and O–H groups in total. The highest BCUT2D eigenvalue weighted by molar-refractivity contribution is 6.12. The maximum absolute atomic E-state index is 6.53. The zero-order valence-corrected chi connectivity index (χ0v) is 22.3. The Morgan fingerprint density at radius 2 is 1.12 bits per heavy atom. The van der Waals surface area contributed by atoms with Gasteiger partial charge in [-0.15, -0.1) is 0 Å². The summed E-state index contributed by atoms with van der Waals surface area (Å²) in [6.07, 6.45) is 7.39. The fourth-order valence-corrected chi connectivity index (χ4v) is 6.41. The van der Waals surface area contributed by atoms with Gasteiger partial charge in [0.05, 0.1) is 0 Å². The molecule has 3 nitrogen and oxygen atoms in total. The van der Waals surface area contributed by atoms with E-state index in [9.17, 15) is 0 Å². The van der Waals surface area contributed by atoms with Gasteiger partial charge in [-0.2, -0.15) is 0 Å². The summed E-state index contributed by atoms with van der Waals surface area (Å²) < 4.78 is 6.53. The number of nitrogens with zero attached hydrogens (tertiary/aromatic N) is 2. The average Bonchev–Trinajstić information content (AvgIpc) is 3.50. The molecule has 0 saturated heterocycles. The largest absolute Gasteiger partial charge is 0.455 e. The van der Waals surface area contributed by atoms with Crippen LogP contribution >= 0.6 is 0 Å². The van der Waals surface area contributed by atoms with Crippen molar-refractivity contribution in [3.05, 3.63) is 133 Å². The highest BCUT2D eigenvalue weighted by Gasteiger charge is 2.37. The normalized spacial score (nSPS) is 13.4. The number of hydrogen-bond donors (Lipinski definition) is 0. The third kappa shape index (κ3) is 3.37. The molecule has 7 aromatic rings. The first-order chi connectivity index (χ1) is 19.6. The van der Waals surface area contributed by atoms with Gasteiger partial charge in [0.2, 0.25) is 0 Å². The van der Waals surface area contributed by atoms with Crippen molar-refractivity contribution < 1.29 is 4.42 Å². The molecule has 3 heterocycles. The van der Waals surface area contributed by atoms with Crippen LogP contribution in [0.25, 0.3) is 66.4 Å². The van der Waals surface area contributed by atoms with E-state index in [1.807, 2.05) is 30.9 Å². The van der Waals surface area contributed by atoms with Gasteiger partial charge in [0.15, 0.2) is 0 Å². The van der Waals surface area contributed by atoms with Crippen molar-refractivity contribution in [3.63, 3.8) is 0 Å². The highest BCUT2D eigenvalue weighted by Crippen LogP contribution is 2.53. The number of benzene rings is 4. The van der Waals surface area contributed by atoms with Crippen LogP contribution in [0.15, 0.2) is 126 Å². The molecule has 0 fully saturated rings. The molecular weight excluding hydrogens is 488 g/mol. The molecule has 0 radical (unpaired) electrons. The lowest BCUT2D eigenvalue weighted by molar-refractivity contribution is 0.653. The van der Waals surface area contributed by atoms with E-state index in [1.54, 1.807) is 0 Å². The van der Waals surface area contributed by atoms with E-state index in [0.717, 1.165) is 38.8 Å². The predicted octanol–water partition coefficient (Wildman–Crippen LogP) is 9.68. The SMILES string of the molecule is CC1(C)c2ccc(-c3cc(-c4ccncc4)cc(-c4ccncc4)c3)cc2-c2c1ccc1c2oc2ccccc21. The second-order valence-electron chi connectivity index (χ2n) is 11.1. The quantitative estimate of drug-likeness (QED) is 0.236. The van der Waals surface area contributed by atoms with Crippen molar-refractivity contribution in [3.8, 4) is 44.5 Å². The molecule has 0 amide bonds. The van der Waals surface area contributed by atoms with Crippen LogP contribution in [0.4, 0.5) is 0 Å². The fourth-order valence-electron chi connectivity index (χ4n) is 6.41. The van der Waals surface area contributed by atoms with Gasteiger partial charge in [0, 0.05) is 46.5 Å². The maximum Gasteiger partial charge on any atom is 0.143 e. The van der Waals surface area contributed by atoms with Crippen LogP contribution in [0.1, 0.15) is 25.0 Å². The lowest BCUT2D eigenvalue weighted by atomic mass is 9.82. The Balaban J connectivity index is 1.37. The molecule has 0 aliphatic heterocycles. The van der Waals surface area contributed by atoms with E-state index in [2.05, 4.69) is 115 Å². The van der Waals surface area contributed by atoms with Crippen molar-refractivity contribution in [2.45, 2.75) is 19.3 Å². The summed E-state index contributed by atoms with van der Waals surface area (Å²) >= 11 is 0. The van der Waals surface area contributed by atoms with E-state index in [0.29, 0.717) is 0 Å². The number of furan rings is 1. The molecule has 4 aromatic carbocycles. The third-order valence-corrected chi connectivity index (χ3v) is 8.48. The average molecular weight is 515 g/mol. The van der Waals surface area contributed by atoms with Gasteiger partial charge in [0.25, 0.3) is 0 Å². The molecule has 3 aromatic heterocycles. The Kier molecular flexibility index (Phi) is 4.86. The zero-order chi connectivity index (χ0) is 26.8. The van der Waals surface area contributed by atoms with Crippen molar-refractivity contribution >= 4 is 21.9 Å². The second kappa shape index (κ2) is 8.49. The van der Waals surface area contributed by atoms with Gasteiger partial charge in [-0.25, -0.2) is 0 Å². The van der Waals surface area contributed by atoms with Crippen LogP contribution in [0.2, 0.25) is 0 Å². The predicted molar refractivity (Wildman–Crippen MR) is 163 cm³/mol. The summed E-state index contributed by atoms with van der Waals surface area (Å²) in [5.41, 5.74) is 13.9. The molecule has 40 heavy (non-hydrogen) atoms. The molecule has 0 atom stereocenters. The van der Waals surface area contributed by atoms with Gasteiger partial charge in [-0.1, -0.05) is 56.3 Å². The molecule has 3 heteroatoms. The van der Waals surface area contributed by atoms with E-state index in [1.165, 1.54) is 38.8 Å². The van der Waals surface area contributed by atoms with Crippen LogP contribution in [-0.2, 0) is 5.41 Å². The topological polar surface area (TPSA) is 38.9 Å². The van der Waals surface area contributed by atoms with Crippen LogP contribution < -0.4 is 0 Å². The Morgan fingerprint density at radius 3 is 1.80 bits per heavy atom. The van der Waals surface area contributed by atoms with E-state index in [-0.39, 0.29) is 5.41 Å². The molecule has 0 saturated carbocycles. The molecule has 1 aliphatic carbocycles. The van der Waals surface area contributed by atoms with Crippen LogP contribution in [0, 0.1) is 0 Å². The van der Waals surface area contributed by atoms with E-state index >= 15 is 0 Å². The minimum atomic E-state index is -0.114. The van der Waals surface area contributed by atoms with Crippen LogP contribution in [-0.4, -0.2) is 9.97 Å². The number of fused-ring (bicyclic) bond motifs is 7. The number of aromatic nitrogens is 2. The summed E-state index contributed by atoms with van der Waals surface area (Å²) in [6.45, 7) is 4.63. The fraction of sp³-hybridized carbons (Fsp3) is 0.0811. The first kappa shape index (κ1) is 22.9. The summed E-state index contributed by atoms with van der Waals surface area (Å²) in [7, 11) is 0. The monoisotopic (exact) mass is 514 g/mol. The summed E-state index contributed by atoms with van der Waals surface area (Å²) in [6, 6.07) is 34.9. The van der Waals surface area contributed by atoms with E-state index in [4.69, 9.17) is 4.42 Å². The lowest BCUT2D eigenvalue weighted by Gasteiger charge is -2.21. The number of pyridine rings is 2. The van der Waals surface area contributed by atoms with Crippen LogP contribution in [0.3, 0.4) is 0 Å². The van der Waals surface area contributed by atoms with Gasteiger partial charge in [0.1, 0.15) is 11.2 Å². The van der Waals surface area contributed by atoms with Gasteiger partial charge in [-0.05, 0) is 105 Å². The Morgan fingerprint density at radius 1 is 0.525 bits per heavy atom. The van der Waals surface area contributed by atoms with Gasteiger partial charge < -0.3 is 4.42 Å². The number of rotatable bonds is 3. The molecular formula is C37H26N2O. The number of para-hydroxylation sites is 1. The summed E-state index contributed by atoms with van der Waals surface area (Å²) in [5, 5.41) is 2.33. The Labute approximate surface area is 232 Å². The maximum atomic E-state index is 6.53. The molecule has 1 aliphatic rings. The molecule has 0 bridgehead atoms. The molecule has 0 spiro atoms. The van der Waals surface area contributed by atoms with Gasteiger partial charge >= 0.3 is 0 Å². The molecule has 190 valence electrons. The van der Waals surface area contributed by atoms with Crippen molar-refractivity contribution in [1.82, 2.24) is 9.97 Å². The van der Waals surface area contributed by atoms with E-state index < -0.39 is 0 Å². The van der Waals surface area contributed by atoms with Gasteiger partial charge in [-0.3, -0.25) is 9.97 Å². The summed E-state index contributed by atoms with van der Waals surface area (Å²) in [5.74, 6) is 0. The first-order valence-corrected chi connectivity index (χ1v) is 13.6. The zero-order valence-electron chi connectivity index (χ0n) is 22.3. The molecule has 0 unspecified atom stereocenters.